The molecule has 0 unspecified atom stereocenters. The van der Waals surface area contributed by atoms with Gasteiger partial charge in [0, 0.05) is 30.2 Å². The monoisotopic (exact) mass is 462 g/mol. The molecule has 1 aliphatic heterocycles. The summed E-state index contributed by atoms with van der Waals surface area (Å²) in [5.74, 6) is -1.77. The highest BCUT2D eigenvalue weighted by Gasteiger charge is 2.24. The number of carbonyl (C=O) groups is 2. The second-order valence-electron chi connectivity index (χ2n) is 7.05. The Labute approximate surface area is 187 Å². The zero-order valence-electron chi connectivity index (χ0n) is 16.8. The lowest BCUT2D eigenvalue weighted by atomic mass is 10.1. The minimum atomic E-state index is -0.936. The number of carbonyl (C=O) groups excluding carboxylic acids is 2. The molecule has 0 saturated carbocycles. The van der Waals surface area contributed by atoms with Gasteiger partial charge in [0.15, 0.2) is 6.61 Å². The highest BCUT2D eigenvalue weighted by Crippen LogP contribution is 2.31. The van der Waals surface area contributed by atoms with Crippen LogP contribution in [-0.4, -0.2) is 41.4 Å². The fourth-order valence-corrected chi connectivity index (χ4v) is 3.54. The molecule has 0 aromatic heterocycles. The van der Waals surface area contributed by atoms with Gasteiger partial charge in [-0.25, -0.2) is 4.79 Å². The van der Waals surface area contributed by atoms with Gasteiger partial charge in [0.1, 0.15) is 11.4 Å². The van der Waals surface area contributed by atoms with Gasteiger partial charge in [-0.3, -0.25) is 25.0 Å². The van der Waals surface area contributed by atoms with Crippen LogP contribution < -0.4 is 10.2 Å². The van der Waals surface area contributed by atoms with Gasteiger partial charge < -0.3 is 15.0 Å². The largest absolute Gasteiger partial charge is 0.452 e. The van der Waals surface area contributed by atoms with Crippen molar-refractivity contribution in [2.75, 3.05) is 29.9 Å². The fraction of sp³-hybridized carbons (Fsp3) is 0.300. The molecule has 2 aromatic carbocycles. The summed E-state index contributed by atoms with van der Waals surface area (Å²) in [5, 5.41) is 25.0. The number of nitro benzene ring substituents is 2. The van der Waals surface area contributed by atoms with Crippen molar-refractivity contribution >= 4 is 46.2 Å². The van der Waals surface area contributed by atoms with Crippen molar-refractivity contribution in [1.29, 1.82) is 0 Å². The van der Waals surface area contributed by atoms with Crippen molar-refractivity contribution in [2.45, 2.75) is 19.3 Å². The van der Waals surface area contributed by atoms with E-state index in [0.717, 1.165) is 31.4 Å². The number of benzene rings is 2. The second kappa shape index (κ2) is 10.1. The molecule has 1 N–H and O–H groups in total. The molecule has 32 heavy (non-hydrogen) atoms. The number of halogens is 1. The van der Waals surface area contributed by atoms with Crippen LogP contribution in [0, 0.1) is 20.2 Å². The minimum absolute atomic E-state index is 0.0843. The summed E-state index contributed by atoms with van der Waals surface area (Å²) >= 11 is 5.80. The van der Waals surface area contributed by atoms with E-state index < -0.39 is 28.3 Å². The third-order valence-corrected chi connectivity index (χ3v) is 5.10. The maximum absolute atomic E-state index is 12.3. The van der Waals surface area contributed by atoms with Crippen LogP contribution in [0.2, 0.25) is 5.02 Å². The van der Waals surface area contributed by atoms with E-state index in [1.807, 2.05) is 4.90 Å². The van der Waals surface area contributed by atoms with E-state index in [1.54, 1.807) is 0 Å². The Morgan fingerprint density at radius 1 is 1.00 bits per heavy atom. The van der Waals surface area contributed by atoms with Gasteiger partial charge in [-0.1, -0.05) is 11.6 Å². The molecule has 0 aliphatic carbocycles. The standard InChI is InChI=1S/C20H19ClN4O7/c21-14-5-7-16(24(28)29)15(11-14)22-19(26)12-32-20(27)13-4-6-17(18(10-13)25(30)31)23-8-2-1-3-9-23/h4-7,10-11H,1-3,8-9,12H2,(H,22,26). The summed E-state index contributed by atoms with van der Waals surface area (Å²) in [6, 6.07) is 7.64. The van der Waals surface area contributed by atoms with E-state index in [0.29, 0.717) is 18.8 Å². The molecule has 0 atom stereocenters. The van der Waals surface area contributed by atoms with E-state index >= 15 is 0 Å². The number of nitrogens with one attached hydrogen (secondary N) is 1. The predicted molar refractivity (Wildman–Crippen MR) is 116 cm³/mol. The highest BCUT2D eigenvalue weighted by molar-refractivity contribution is 6.31. The lowest BCUT2D eigenvalue weighted by Crippen LogP contribution is -2.30. The van der Waals surface area contributed by atoms with E-state index in [9.17, 15) is 29.8 Å². The van der Waals surface area contributed by atoms with Crippen LogP contribution >= 0.6 is 11.6 Å². The number of piperidine rings is 1. The molecule has 1 amide bonds. The van der Waals surface area contributed by atoms with Crippen LogP contribution in [0.15, 0.2) is 36.4 Å². The summed E-state index contributed by atoms with van der Waals surface area (Å²) in [6.07, 6.45) is 2.93. The van der Waals surface area contributed by atoms with Crippen molar-refractivity contribution in [1.82, 2.24) is 0 Å². The van der Waals surface area contributed by atoms with Crippen molar-refractivity contribution in [3.05, 3.63) is 67.2 Å². The van der Waals surface area contributed by atoms with Crippen LogP contribution in [-0.2, 0) is 9.53 Å². The van der Waals surface area contributed by atoms with Gasteiger partial charge in [0.05, 0.1) is 15.4 Å². The molecule has 2 aromatic rings. The van der Waals surface area contributed by atoms with Crippen LogP contribution in [0.4, 0.5) is 22.7 Å². The number of nitro groups is 2. The molecule has 168 valence electrons. The summed E-state index contributed by atoms with van der Waals surface area (Å²) in [5.41, 5.74) is -0.403. The smallest absolute Gasteiger partial charge is 0.338 e. The number of esters is 1. The lowest BCUT2D eigenvalue weighted by Gasteiger charge is -2.28. The molecular formula is C20H19ClN4O7. The molecule has 0 spiro atoms. The summed E-state index contributed by atoms with van der Waals surface area (Å²) < 4.78 is 4.92. The van der Waals surface area contributed by atoms with E-state index in [4.69, 9.17) is 16.3 Å². The first-order valence-electron chi connectivity index (χ1n) is 9.70. The van der Waals surface area contributed by atoms with Gasteiger partial charge in [-0.15, -0.1) is 0 Å². The highest BCUT2D eigenvalue weighted by atomic mass is 35.5. The average molecular weight is 463 g/mol. The normalized spacial score (nSPS) is 13.3. The molecule has 0 bridgehead atoms. The quantitative estimate of drug-likeness (QED) is 0.370. The first-order chi connectivity index (χ1) is 15.3. The Morgan fingerprint density at radius 3 is 2.34 bits per heavy atom. The lowest BCUT2D eigenvalue weighted by molar-refractivity contribution is -0.384. The summed E-state index contributed by atoms with van der Waals surface area (Å²) in [4.78, 5) is 47.7. The van der Waals surface area contributed by atoms with Gasteiger partial charge in [-0.05, 0) is 43.5 Å². The first-order valence-corrected chi connectivity index (χ1v) is 10.1. The zero-order valence-corrected chi connectivity index (χ0v) is 17.5. The average Bonchev–Trinajstić information content (AvgIpc) is 2.77. The number of hydrogen-bond donors (Lipinski definition) is 1. The molecular weight excluding hydrogens is 444 g/mol. The van der Waals surface area contributed by atoms with Crippen molar-refractivity contribution < 1.29 is 24.2 Å². The van der Waals surface area contributed by atoms with E-state index in [1.165, 1.54) is 24.3 Å². The Balaban J connectivity index is 1.68. The summed E-state index contributed by atoms with van der Waals surface area (Å²) in [7, 11) is 0. The van der Waals surface area contributed by atoms with E-state index in [2.05, 4.69) is 5.32 Å². The van der Waals surface area contributed by atoms with Gasteiger partial charge >= 0.3 is 5.97 Å². The second-order valence-corrected chi connectivity index (χ2v) is 7.49. The van der Waals surface area contributed by atoms with Gasteiger partial charge in [0.2, 0.25) is 0 Å². The molecule has 11 nitrogen and oxygen atoms in total. The molecule has 0 radical (unpaired) electrons. The number of hydrogen-bond acceptors (Lipinski definition) is 8. The molecule has 1 heterocycles. The van der Waals surface area contributed by atoms with Crippen LogP contribution in [0.5, 0.6) is 0 Å². The van der Waals surface area contributed by atoms with Crippen LogP contribution in [0.25, 0.3) is 0 Å². The number of ether oxygens (including phenoxy) is 1. The minimum Gasteiger partial charge on any atom is -0.452 e. The number of amides is 1. The molecule has 12 heteroatoms. The van der Waals surface area contributed by atoms with Crippen molar-refractivity contribution in [3.8, 4) is 0 Å². The van der Waals surface area contributed by atoms with E-state index in [-0.39, 0.29) is 27.6 Å². The van der Waals surface area contributed by atoms with Gasteiger partial charge in [-0.2, -0.15) is 0 Å². The Hall–Kier alpha value is -3.73. The number of anilines is 2. The third kappa shape index (κ3) is 5.49. The topological polar surface area (TPSA) is 145 Å². The van der Waals surface area contributed by atoms with Crippen LogP contribution in [0.3, 0.4) is 0 Å². The van der Waals surface area contributed by atoms with Crippen LogP contribution in [0.1, 0.15) is 29.6 Å². The first kappa shape index (κ1) is 22.9. The third-order valence-electron chi connectivity index (χ3n) is 4.87. The molecule has 1 saturated heterocycles. The van der Waals surface area contributed by atoms with Crippen molar-refractivity contribution in [3.63, 3.8) is 0 Å². The SMILES string of the molecule is O=C(COC(=O)c1ccc(N2CCCCC2)c([N+](=O)[O-])c1)Nc1cc(Cl)ccc1[N+](=O)[O-]. The zero-order chi connectivity index (χ0) is 23.3. The summed E-state index contributed by atoms with van der Waals surface area (Å²) in [6.45, 7) is 0.644. The maximum Gasteiger partial charge on any atom is 0.338 e. The van der Waals surface area contributed by atoms with Gasteiger partial charge in [0.25, 0.3) is 17.3 Å². The fourth-order valence-electron chi connectivity index (χ4n) is 3.37. The number of rotatable bonds is 7. The maximum atomic E-state index is 12.3. The molecule has 3 rings (SSSR count). The Kier molecular flexibility index (Phi) is 7.21. The predicted octanol–water partition coefficient (Wildman–Crippen LogP) is 3.94. The molecule has 1 aliphatic rings. The Morgan fingerprint density at radius 2 is 1.69 bits per heavy atom. The van der Waals surface area contributed by atoms with Crippen molar-refractivity contribution in [2.24, 2.45) is 0 Å². The Bertz CT molecular complexity index is 1070. The molecule has 1 fully saturated rings. The number of nitrogens with zero attached hydrogens (tertiary/aromatic N) is 3.